The minimum absolute atomic E-state index is 0.214. The van der Waals surface area contributed by atoms with Crippen LogP contribution in [0.4, 0.5) is 0 Å². The SMILES string of the molecule is C=Cc1ccc(-c2ccc(C(C)(C)C)cc2)cc1. The lowest BCUT2D eigenvalue weighted by atomic mass is 9.86. The van der Waals surface area contributed by atoms with Crippen LogP contribution in [-0.2, 0) is 5.41 Å². The molecule has 0 N–H and O–H groups in total. The monoisotopic (exact) mass is 236 g/mol. The third-order valence-electron chi connectivity index (χ3n) is 3.23. The Morgan fingerprint density at radius 1 is 0.778 bits per heavy atom. The van der Waals surface area contributed by atoms with E-state index in [4.69, 9.17) is 0 Å². The molecule has 0 amide bonds. The van der Waals surface area contributed by atoms with Crippen LogP contribution in [0.5, 0.6) is 0 Å². The Bertz CT molecular complexity index is 522. The van der Waals surface area contributed by atoms with Crippen LogP contribution in [0.15, 0.2) is 55.1 Å². The standard InChI is InChI=1S/C18H20/c1-5-14-6-8-15(9-7-14)16-10-12-17(13-11-16)18(2,3)4/h5-13H,1H2,2-4H3. The van der Waals surface area contributed by atoms with Crippen LogP contribution in [0.1, 0.15) is 31.9 Å². The van der Waals surface area contributed by atoms with Crippen molar-refractivity contribution in [1.29, 1.82) is 0 Å². The maximum Gasteiger partial charge on any atom is -0.0132 e. The molecule has 0 nitrogen and oxygen atoms in total. The van der Waals surface area contributed by atoms with Gasteiger partial charge in [0.1, 0.15) is 0 Å². The number of hydrogen-bond acceptors (Lipinski definition) is 0. The van der Waals surface area contributed by atoms with E-state index >= 15 is 0 Å². The first kappa shape index (κ1) is 12.6. The van der Waals surface area contributed by atoms with Crippen molar-refractivity contribution in [2.24, 2.45) is 0 Å². The maximum atomic E-state index is 3.77. The molecule has 0 atom stereocenters. The van der Waals surface area contributed by atoms with Crippen molar-refractivity contribution in [3.05, 3.63) is 66.2 Å². The van der Waals surface area contributed by atoms with Crippen molar-refractivity contribution >= 4 is 6.08 Å². The van der Waals surface area contributed by atoms with Crippen molar-refractivity contribution in [3.8, 4) is 11.1 Å². The average molecular weight is 236 g/mol. The van der Waals surface area contributed by atoms with Gasteiger partial charge in [0.25, 0.3) is 0 Å². The second-order valence-corrected chi connectivity index (χ2v) is 5.65. The molecule has 2 rings (SSSR count). The molecule has 0 aromatic heterocycles. The lowest BCUT2D eigenvalue weighted by Crippen LogP contribution is -2.10. The van der Waals surface area contributed by atoms with Gasteiger partial charge in [-0.15, -0.1) is 0 Å². The molecule has 18 heavy (non-hydrogen) atoms. The molecular weight excluding hydrogens is 216 g/mol. The Hall–Kier alpha value is -1.82. The Morgan fingerprint density at radius 3 is 1.61 bits per heavy atom. The molecule has 0 saturated heterocycles. The molecule has 0 heteroatoms. The Kier molecular flexibility index (Phi) is 3.38. The highest BCUT2D eigenvalue weighted by molar-refractivity contribution is 5.65. The highest BCUT2D eigenvalue weighted by Crippen LogP contribution is 2.26. The molecule has 0 aliphatic carbocycles. The number of rotatable bonds is 2. The predicted molar refractivity (Wildman–Crippen MR) is 80.7 cm³/mol. The van der Waals surface area contributed by atoms with Gasteiger partial charge in [0, 0.05) is 0 Å². The van der Waals surface area contributed by atoms with Gasteiger partial charge in [0.2, 0.25) is 0 Å². The summed E-state index contributed by atoms with van der Waals surface area (Å²) in [6.07, 6.45) is 1.87. The van der Waals surface area contributed by atoms with Gasteiger partial charge in [0.05, 0.1) is 0 Å². The van der Waals surface area contributed by atoms with Gasteiger partial charge in [-0.3, -0.25) is 0 Å². The number of hydrogen-bond donors (Lipinski definition) is 0. The minimum Gasteiger partial charge on any atom is -0.0985 e. The molecule has 0 spiro atoms. The van der Waals surface area contributed by atoms with Crippen LogP contribution in [0, 0.1) is 0 Å². The van der Waals surface area contributed by atoms with E-state index in [2.05, 4.69) is 75.9 Å². The third-order valence-corrected chi connectivity index (χ3v) is 3.23. The first-order valence-electron chi connectivity index (χ1n) is 6.34. The van der Waals surface area contributed by atoms with E-state index in [1.807, 2.05) is 6.08 Å². The molecule has 2 aromatic carbocycles. The molecule has 2 aromatic rings. The fourth-order valence-electron chi connectivity index (χ4n) is 1.97. The largest absolute Gasteiger partial charge is 0.0985 e. The summed E-state index contributed by atoms with van der Waals surface area (Å²) in [6.45, 7) is 10.5. The summed E-state index contributed by atoms with van der Waals surface area (Å²) in [7, 11) is 0. The van der Waals surface area contributed by atoms with Crippen molar-refractivity contribution in [1.82, 2.24) is 0 Å². The van der Waals surface area contributed by atoms with E-state index in [0.717, 1.165) is 5.56 Å². The molecule has 0 radical (unpaired) electrons. The number of benzene rings is 2. The van der Waals surface area contributed by atoms with Gasteiger partial charge >= 0.3 is 0 Å². The van der Waals surface area contributed by atoms with Gasteiger partial charge < -0.3 is 0 Å². The van der Waals surface area contributed by atoms with Gasteiger partial charge in [-0.2, -0.15) is 0 Å². The summed E-state index contributed by atoms with van der Waals surface area (Å²) < 4.78 is 0. The van der Waals surface area contributed by atoms with Crippen LogP contribution in [0.25, 0.3) is 17.2 Å². The fourth-order valence-corrected chi connectivity index (χ4v) is 1.97. The van der Waals surface area contributed by atoms with Crippen LogP contribution in [0.2, 0.25) is 0 Å². The molecule has 0 aliphatic heterocycles. The van der Waals surface area contributed by atoms with Crippen LogP contribution >= 0.6 is 0 Å². The maximum absolute atomic E-state index is 3.77. The summed E-state index contributed by atoms with van der Waals surface area (Å²) in [6, 6.07) is 17.3. The van der Waals surface area contributed by atoms with Gasteiger partial charge in [-0.05, 0) is 27.7 Å². The van der Waals surface area contributed by atoms with E-state index in [9.17, 15) is 0 Å². The van der Waals surface area contributed by atoms with E-state index in [-0.39, 0.29) is 5.41 Å². The van der Waals surface area contributed by atoms with Crippen LogP contribution in [-0.4, -0.2) is 0 Å². The zero-order chi connectivity index (χ0) is 13.2. The van der Waals surface area contributed by atoms with Crippen LogP contribution < -0.4 is 0 Å². The zero-order valence-electron chi connectivity index (χ0n) is 11.4. The van der Waals surface area contributed by atoms with Gasteiger partial charge in [-0.1, -0.05) is 82.0 Å². The quantitative estimate of drug-likeness (QED) is 0.664. The first-order valence-corrected chi connectivity index (χ1v) is 6.34. The average Bonchev–Trinajstić information content (AvgIpc) is 2.38. The van der Waals surface area contributed by atoms with Crippen molar-refractivity contribution < 1.29 is 0 Å². The van der Waals surface area contributed by atoms with E-state index in [0.29, 0.717) is 0 Å². The summed E-state index contributed by atoms with van der Waals surface area (Å²) >= 11 is 0. The minimum atomic E-state index is 0.214. The molecule has 92 valence electrons. The molecule has 0 bridgehead atoms. The summed E-state index contributed by atoms with van der Waals surface area (Å²) in [5, 5.41) is 0. The Labute approximate surface area is 110 Å². The Morgan fingerprint density at radius 2 is 1.22 bits per heavy atom. The lowest BCUT2D eigenvalue weighted by molar-refractivity contribution is 0.590. The zero-order valence-corrected chi connectivity index (χ0v) is 11.4. The second kappa shape index (κ2) is 4.81. The highest BCUT2D eigenvalue weighted by Gasteiger charge is 2.12. The molecule has 0 saturated carbocycles. The van der Waals surface area contributed by atoms with E-state index in [1.54, 1.807) is 0 Å². The van der Waals surface area contributed by atoms with Crippen molar-refractivity contribution in [2.45, 2.75) is 26.2 Å². The predicted octanol–water partition coefficient (Wildman–Crippen LogP) is 5.29. The van der Waals surface area contributed by atoms with Gasteiger partial charge in [-0.25, -0.2) is 0 Å². The molecule has 0 fully saturated rings. The van der Waals surface area contributed by atoms with Crippen LogP contribution in [0.3, 0.4) is 0 Å². The smallest absolute Gasteiger partial charge is 0.0132 e. The molecule has 0 aliphatic rings. The van der Waals surface area contributed by atoms with Crippen molar-refractivity contribution in [3.63, 3.8) is 0 Å². The lowest BCUT2D eigenvalue weighted by Gasteiger charge is -2.19. The highest BCUT2D eigenvalue weighted by atomic mass is 14.2. The third kappa shape index (κ3) is 2.70. The summed E-state index contributed by atoms with van der Waals surface area (Å²) in [5.74, 6) is 0. The van der Waals surface area contributed by atoms with E-state index in [1.165, 1.54) is 16.7 Å². The van der Waals surface area contributed by atoms with Gasteiger partial charge in [0.15, 0.2) is 0 Å². The molecular formula is C18H20. The second-order valence-electron chi connectivity index (χ2n) is 5.65. The molecule has 0 heterocycles. The fraction of sp³-hybridized carbons (Fsp3) is 0.222. The molecule has 0 unspecified atom stereocenters. The summed E-state index contributed by atoms with van der Waals surface area (Å²) in [4.78, 5) is 0. The normalized spacial score (nSPS) is 11.3. The first-order chi connectivity index (χ1) is 8.50. The Balaban J connectivity index is 2.31. The topological polar surface area (TPSA) is 0 Å². The van der Waals surface area contributed by atoms with E-state index < -0.39 is 0 Å². The van der Waals surface area contributed by atoms with Crippen molar-refractivity contribution in [2.75, 3.05) is 0 Å². The summed E-state index contributed by atoms with van der Waals surface area (Å²) in [5.41, 5.74) is 5.25.